The summed E-state index contributed by atoms with van der Waals surface area (Å²) in [5, 5.41) is 27.5. The minimum atomic E-state index is -1.43. The van der Waals surface area contributed by atoms with Crippen molar-refractivity contribution >= 4 is 5.97 Å². The van der Waals surface area contributed by atoms with Crippen LogP contribution in [-0.4, -0.2) is 52.5 Å². The van der Waals surface area contributed by atoms with Crippen molar-refractivity contribution in [2.45, 2.75) is 37.9 Å². The lowest BCUT2D eigenvalue weighted by molar-refractivity contribution is -0.253. The molecule has 1 aliphatic rings. The molecule has 1 aliphatic heterocycles. The van der Waals surface area contributed by atoms with E-state index in [1.54, 1.807) is 0 Å². The third-order valence-electron chi connectivity index (χ3n) is 2.00. The van der Waals surface area contributed by atoms with Crippen LogP contribution < -0.4 is 0 Å². The van der Waals surface area contributed by atoms with E-state index in [4.69, 9.17) is 14.9 Å². The fourth-order valence-electron chi connectivity index (χ4n) is 1.25. The Morgan fingerprint density at radius 1 is 1.50 bits per heavy atom. The first kappa shape index (κ1) is 11.4. The zero-order valence-electron chi connectivity index (χ0n) is 7.79. The van der Waals surface area contributed by atoms with Gasteiger partial charge in [-0.15, -0.1) is 0 Å². The Hall–Kier alpha value is -0.690. The molecule has 0 radical (unpaired) electrons. The maximum absolute atomic E-state index is 10.5. The molecule has 1 fully saturated rings. The molecule has 0 aromatic heterocycles. The molecule has 14 heavy (non-hydrogen) atoms. The Morgan fingerprint density at radius 2 is 2.14 bits per heavy atom. The number of hydrogen-bond acceptors (Lipinski definition) is 6. The molecule has 0 amide bonds. The molecule has 6 heteroatoms. The van der Waals surface area contributed by atoms with Gasteiger partial charge in [-0.1, -0.05) is 0 Å². The van der Waals surface area contributed by atoms with Crippen LogP contribution in [0.2, 0.25) is 0 Å². The van der Waals surface area contributed by atoms with Crippen molar-refractivity contribution in [1.29, 1.82) is 0 Å². The molecule has 1 heterocycles. The minimum Gasteiger partial charge on any atom is -0.463 e. The average Bonchev–Trinajstić information content (AvgIpc) is 2.10. The highest BCUT2D eigenvalue weighted by Crippen LogP contribution is 2.18. The lowest BCUT2D eigenvalue weighted by Crippen LogP contribution is -2.49. The first-order chi connectivity index (χ1) is 6.50. The van der Waals surface area contributed by atoms with Crippen LogP contribution in [0.5, 0.6) is 0 Å². The first-order valence-corrected chi connectivity index (χ1v) is 4.33. The SMILES string of the molecule is CC(=O)OC[C@@H]1C[C@@H](O)[C@@H](O)[C@H](O)O1. The highest BCUT2D eigenvalue weighted by atomic mass is 16.6. The molecule has 6 nitrogen and oxygen atoms in total. The Labute approximate surface area is 81.1 Å². The predicted octanol–water partition coefficient (Wildman–Crippen LogP) is -1.62. The molecule has 0 aromatic carbocycles. The molecule has 0 spiro atoms. The predicted molar refractivity (Wildman–Crippen MR) is 44.1 cm³/mol. The molecule has 0 saturated carbocycles. The summed E-state index contributed by atoms with van der Waals surface area (Å²) in [6, 6.07) is 0. The summed E-state index contributed by atoms with van der Waals surface area (Å²) in [6.07, 6.45) is -4.24. The number of carbonyl (C=O) groups excluding carboxylic acids is 1. The summed E-state index contributed by atoms with van der Waals surface area (Å²) >= 11 is 0. The van der Waals surface area contributed by atoms with Crippen LogP contribution in [0.25, 0.3) is 0 Å². The van der Waals surface area contributed by atoms with Crippen molar-refractivity contribution in [2.24, 2.45) is 0 Å². The van der Waals surface area contributed by atoms with Crippen LogP contribution in [0.15, 0.2) is 0 Å². The zero-order chi connectivity index (χ0) is 10.7. The fraction of sp³-hybridized carbons (Fsp3) is 0.875. The van der Waals surface area contributed by atoms with E-state index >= 15 is 0 Å². The highest BCUT2D eigenvalue weighted by molar-refractivity contribution is 5.65. The standard InChI is InChI=1S/C8H14O6/c1-4(9)13-3-5-2-6(10)7(11)8(12)14-5/h5-8,10-12H,2-3H2,1H3/t5-,6+,7+,8+/m0/s1. The van der Waals surface area contributed by atoms with Crippen molar-refractivity contribution in [3.8, 4) is 0 Å². The van der Waals surface area contributed by atoms with Crippen LogP contribution in [0, 0.1) is 0 Å². The second-order valence-electron chi connectivity index (χ2n) is 3.24. The van der Waals surface area contributed by atoms with Gasteiger partial charge in [0, 0.05) is 13.3 Å². The summed E-state index contributed by atoms with van der Waals surface area (Å²) in [4.78, 5) is 10.5. The number of ether oxygens (including phenoxy) is 2. The molecule has 3 N–H and O–H groups in total. The second-order valence-corrected chi connectivity index (χ2v) is 3.24. The third kappa shape index (κ3) is 2.91. The lowest BCUT2D eigenvalue weighted by atomic mass is 10.0. The van der Waals surface area contributed by atoms with Crippen molar-refractivity contribution in [3.63, 3.8) is 0 Å². The van der Waals surface area contributed by atoms with E-state index in [0.717, 1.165) is 0 Å². The molecule has 0 bridgehead atoms. The Kier molecular flexibility index (Phi) is 3.82. The van der Waals surface area contributed by atoms with Gasteiger partial charge < -0.3 is 24.8 Å². The molecule has 82 valence electrons. The lowest BCUT2D eigenvalue weighted by Gasteiger charge is -2.33. The van der Waals surface area contributed by atoms with Crippen molar-refractivity contribution in [1.82, 2.24) is 0 Å². The number of carbonyl (C=O) groups is 1. The van der Waals surface area contributed by atoms with Gasteiger partial charge in [0.1, 0.15) is 12.7 Å². The van der Waals surface area contributed by atoms with Crippen LogP contribution in [0.1, 0.15) is 13.3 Å². The van der Waals surface area contributed by atoms with Gasteiger partial charge in [0.25, 0.3) is 0 Å². The molecule has 4 atom stereocenters. The summed E-state index contributed by atoms with van der Waals surface area (Å²) in [5.74, 6) is -0.455. The summed E-state index contributed by atoms with van der Waals surface area (Å²) in [5.41, 5.74) is 0. The number of aliphatic hydroxyl groups is 3. The summed E-state index contributed by atoms with van der Waals surface area (Å²) < 4.78 is 9.53. The largest absolute Gasteiger partial charge is 0.463 e. The Balaban J connectivity index is 2.38. The number of rotatable bonds is 2. The molecular formula is C8H14O6. The van der Waals surface area contributed by atoms with Gasteiger partial charge in [-0.2, -0.15) is 0 Å². The van der Waals surface area contributed by atoms with E-state index in [2.05, 4.69) is 4.74 Å². The first-order valence-electron chi connectivity index (χ1n) is 4.33. The quantitative estimate of drug-likeness (QED) is 0.470. The van der Waals surface area contributed by atoms with Gasteiger partial charge in [0.15, 0.2) is 6.29 Å². The van der Waals surface area contributed by atoms with Crippen molar-refractivity contribution in [3.05, 3.63) is 0 Å². The van der Waals surface area contributed by atoms with Crippen LogP contribution in [-0.2, 0) is 14.3 Å². The highest BCUT2D eigenvalue weighted by Gasteiger charge is 2.35. The van der Waals surface area contributed by atoms with Crippen LogP contribution in [0.3, 0.4) is 0 Å². The molecule has 1 saturated heterocycles. The van der Waals surface area contributed by atoms with Gasteiger partial charge in [0.05, 0.1) is 12.2 Å². The van der Waals surface area contributed by atoms with E-state index in [1.165, 1.54) is 6.92 Å². The average molecular weight is 206 g/mol. The maximum atomic E-state index is 10.5. The van der Waals surface area contributed by atoms with Gasteiger partial charge >= 0.3 is 5.97 Å². The van der Waals surface area contributed by atoms with E-state index in [9.17, 15) is 9.90 Å². The molecular weight excluding hydrogens is 192 g/mol. The maximum Gasteiger partial charge on any atom is 0.302 e. The molecule has 0 aromatic rings. The minimum absolute atomic E-state index is 0.0316. The Bertz CT molecular complexity index is 194. The van der Waals surface area contributed by atoms with Gasteiger partial charge in [-0.05, 0) is 0 Å². The summed E-state index contributed by atoms with van der Waals surface area (Å²) in [7, 11) is 0. The topological polar surface area (TPSA) is 96.2 Å². The monoisotopic (exact) mass is 206 g/mol. The van der Waals surface area contributed by atoms with Crippen LogP contribution in [0.4, 0.5) is 0 Å². The number of aliphatic hydroxyl groups excluding tert-OH is 3. The van der Waals surface area contributed by atoms with Crippen LogP contribution >= 0.6 is 0 Å². The fourth-order valence-corrected chi connectivity index (χ4v) is 1.25. The Morgan fingerprint density at radius 3 is 2.64 bits per heavy atom. The van der Waals surface area contributed by atoms with E-state index < -0.39 is 30.6 Å². The second kappa shape index (κ2) is 4.70. The van der Waals surface area contributed by atoms with Gasteiger partial charge in [0.2, 0.25) is 0 Å². The third-order valence-corrected chi connectivity index (χ3v) is 2.00. The van der Waals surface area contributed by atoms with Gasteiger partial charge in [-0.25, -0.2) is 0 Å². The van der Waals surface area contributed by atoms with E-state index in [0.29, 0.717) is 0 Å². The van der Waals surface area contributed by atoms with Crippen molar-refractivity contribution < 1.29 is 29.6 Å². The zero-order valence-corrected chi connectivity index (χ0v) is 7.79. The van der Waals surface area contributed by atoms with E-state index in [1.807, 2.05) is 0 Å². The van der Waals surface area contributed by atoms with Gasteiger partial charge in [-0.3, -0.25) is 4.79 Å². The van der Waals surface area contributed by atoms with Crippen molar-refractivity contribution in [2.75, 3.05) is 6.61 Å². The summed E-state index contributed by atoms with van der Waals surface area (Å²) in [6.45, 7) is 1.22. The normalized spacial score (nSPS) is 38.0. The molecule has 0 aliphatic carbocycles. The molecule has 1 rings (SSSR count). The molecule has 0 unspecified atom stereocenters. The smallest absolute Gasteiger partial charge is 0.302 e. The van der Waals surface area contributed by atoms with E-state index in [-0.39, 0.29) is 13.0 Å². The number of hydrogen-bond donors (Lipinski definition) is 3. The number of esters is 1.